The molecule has 1 aliphatic carbocycles. The number of hydrogen-bond donors (Lipinski definition) is 1. The molecular weight excluding hydrogens is 661 g/mol. The molecule has 3 aliphatic heterocycles. The molecule has 49 heavy (non-hydrogen) atoms. The summed E-state index contributed by atoms with van der Waals surface area (Å²) >= 11 is 1.55. The molecule has 4 aliphatic rings. The first-order chi connectivity index (χ1) is 23.9. The Bertz CT molecular complexity index is 2190. The molecule has 2 atom stereocenters. The van der Waals surface area contributed by atoms with E-state index in [0.717, 1.165) is 90.4 Å². The lowest BCUT2D eigenvalue weighted by molar-refractivity contribution is 0.0639. The van der Waals surface area contributed by atoms with Crippen molar-refractivity contribution in [2.45, 2.75) is 75.3 Å². The second-order valence-corrected chi connectivity index (χ2v) is 16.3. The van der Waals surface area contributed by atoms with Gasteiger partial charge in [-0.15, -0.1) is 21.5 Å². The predicted molar refractivity (Wildman–Crippen MR) is 186 cm³/mol. The molecule has 1 N–H and O–H groups in total. The van der Waals surface area contributed by atoms with E-state index in [-0.39, 0.29) is 17.0 Å². The predicted octanol–water partition coefficient (Wildman–Crippen LogP) is 7.02. The number of ether oxygens (including phenoxy) is 2. The van der Waals surface area contributed by atoms with E-state index in [9.17, 15) is 8.42 Å². The summed E-state index contributed by atoms with van der Waals surface area (Å²) in [5.41, 5.74) is 5.16. The summed E-state index contributed by atoms with van der Waals surface area (Å²) in [6.45, 7) is 3.79. The van der Waals surface area contributed by atoms with Gasteiger partial charge in [0.05, 0.1) is 40.8 Å². The molecule has 4 aromatic heterocycles. The van der Waals surface area contributed by atoms with Crippen LogP contribution in [0.5, 0.6) is 5.75 Å². The largest absolute Gasteiger partial charge is 0.496 e. The fourth-order valence-corrected chi connectivity index (χ4v) is 11.6. The zero-order chi connectivity index (χ0) is 33.3. The van der Waals surface area contributed by atoms with E-state index in [2.05, 4.69) is 27.6 Å². The molecule has 5 aromatic rings. The second-order valence-electron chi connectivity index (χ2n) is 13.5. The van der Waals surface area contributed by atoms with Gasteiger partial charge in [-0.3, -0.25) is 4.98 Å². The number of nitrogens with zero attached hydrogens (tertiary/aromatic N) is 5. The Balaban J connectivity index is 1.21. The maximum atomic E-state index is 14.4. The van der Waals surface area contributed by atoms with Crippen molar-refractivity contribution in [3.05, 3.63) is 64.9 Å². The summed E-state index contributed by atoms with van der Waals surface area (Å²) in [5.74, 6) is 2.92. The highest BCUT2D eigenvalue weighted by atomic mass is 32.2. The van der Waals surface area contributed by atoms with Gasteiger partial charge in [0.25, 0.3) is 0 Å². The standard InChI is InChI=1S/C36H38N6O5S2/c1-20-40-41-36(47-20)30-26(10-8-21-13-17-46-18-14-21)38-32-27-6-4-16-42(27)49(43,44)34(32)31(30)29-19-22-12-15-37-35(33(22)48-29)39-25-11-9-24-23(25)5-3-7-28(24)45-2/h3,5,7,12,15,19,21,25,27H,4,6,8-11,13-14,16-18H2,1-2H3,(H,37,39)/t25-,27-/m0/s1. The number of methoxy groups -OCH3 is 1. The summed E-state index contributed by atoms with van der Waals surface area (Å²) in [4.78, 5) is 11.1. The third-order valence-corrected chi connectivity index (χ3v) is 13.8. The Kier molecular flexibility index (Phi) is 7.71. The zero-order valence-electron chi connectivity index (χ0n) is 27.6. The monoisotopic (exact) mass is 698 g/mol. The number of nitrogens with one attached hydrogen (secondary N) is 1. The molecule has 254 valence electrons. The Hall–Kier alpha value is -3.91. The van der Waals surface area contributed by atoms with Crippen molar-refractivity contribution in [2.24, 2.45) is 5.92 Å². The second kappa shape index (κ2) is 12.1. The normalized spacial score (nSPS) is 21.6. The van der Waals surface area contributed by atoms with E-state index in [1.54, 1.807) is 29.7 Å². The lowest BCUT2D eigenvalue weighted by Crippen LogP contribution is -2.23. The van der Waals surface area contributed by atoms with Gasteiger partial charge in [0.1, 0.15) is 16.5 Å². The highest BCUT2D eigenvalue weighted by Gasteiger charge is 2.49. The number of hydrogen-bond acceptors (Lipinski definition) is 11. The molecule has 2 saturated heterocycles. The molecule has 7 heterocycles. The van der Waals surface area contributed by atoms with E-state index in [1.165, 1.54) is 11.1 Å². The number of anilines is 1. The molecule has 9 rings (SSSR count). The molecule has 11 nitrogen and oxygen atoms in total. The highest BCUT2D eigenvalue weighted by Crippen LogP contribution is 2.53. The van der Waals surface area contributed by atoms with Crippen LogP contribution in [0, 0.1) is 12.8 Å². The number of thiophene rings is 1. The van der Waals surface area contributed by atoms with Crippen molar-refractivity contribution in [1.29, 1.82) is 0 Å². The maximum absolute atomic E-state index is 14.4. The topological polar surface area (TPSA) is 133 Å². The summed E-state index contributed by atoms with van der Waals surface area (Å²) in [6.07, 6.45) is 8.86. The van der Waals surface area contributed by atoms with Crippen molar-refractivity contribution in [2.75, 3.05) is 32.2 Å². The first-order valence-electron chi connectivity index (χ1n) is 17.2. The molecule has 0 spiro atoms. The number of sulfonamides is 1. The molecule has 0 saturated carbocycles. The zero-order valence-corrected chi connectivity index (χ0v) is 29.2. The van der Waals surface area contributed by atoms with Crippen LogP contribution < -0.4 is 10.1 Å². The third kappa shape index (κ3) is 5.16. The van der Waals surface area contributed by atoms with Gasteiger partial charge in [0.2, 0.25) is 21.8 Å². The summed E-state index contributed by atoms with van der Waals surface area (Å²) < 4.78 is 48.8. The van der Waals surface area contributed by atoms with Crippen LogP contribution in [0.4, 0.5) is 5.82 Å². The Morgan fingerprint density at radius 1 is 1.10 bits per heavy atom. The van der Waals surface area contributed by atoms with E-state index in [1.807, 2.05) is 24.4 Å². The minimum absolute atomic E-state index is 0.0835. The molecule has 0 unspecified atom stereocenters. The fraction of sp³-hybridized carbons (Fsp3) is 0.444. The van der Waals surface area contributed by atoms with Crippen LogP contribution in [0.25, 0.3) is 32.0 Å². The molecule has 0 radical (unpaired) electrons. The van der Waals surface area contributed by atoms with Crippen molar-refractivity contribution in [3.63, 3.8) is 0 Å². The van der Waals surface area contributed by atoms with Crippen LogP contribution in [0.1, 0.15) is 79.0 Å². The third-order valence-electron chi connectivity index (χ3n) is 10.6. The van der Waals surface area contributed by atoms with Gasteiger partial charge in [-0.2, -0.15) is 4.31 Å². The van der Waals surface area contributed by atoms with Crippen molar-refractivity contribution < 1.29 is 22.3 Å². The van der Waals surface area contributed by atoms with Crippen LogP contribution in [-0.4, -0.2) is 59.8 Å². The molecule has 13 heteroatoms. The van der Waals surface area contributed by atoms with Crippen LogP contribution in [-0.2, 0) is 27.6 Å². The molecule has 0 amide bonds. The molecular formula is C36H38N6O5S2. The van der Waals surface area contributed by atoms with Crippen molar-refractivity contribution in [3.8, 4) is 27.6 Å². The van der Waals surface area contributed by atoms with Gasteiger partial charge in [-0.25, -0.2) is 13.4 Å². The van der Waals surface area contributed by atoms with Crippen LogP contribution in [0.3, 0.4) is 0 Å². The number of aryl methyl sites for hydroxylation is 2. The van der Waals surface area contributed by atoms with Crippen LogP contribution in [0.15, 0.2) is 45.8 Å². The number of aromatic nitrogens is 4. The van der Waals surface area contributed by atoms with Crippen molar-refractivity contribution >= 4 is 37.3 Å². The molecule has 0 bridgehead atoms. The Labute approximate surface area is 289 Å². The highest BCUT2D eigenvalue weighted by molar-refractivity contribution is 7.89. The van der Waals surface area contributed by atoms with Crippen LogP contribution >= 0.6 is 11.3 Å². The average molecular weight is 699 g/mol. The Morgan fingerprint density at radius 3 is 2.80 bits per heavy atom. The summed E-state index contributed by atoms with van der Waals surface area (Å²) in [7, 11) is -2.10. The Morgan fingerprint density at radius 2 is 1.98 bits per heavy atom. The van der Waals surface area contributed by atoms with E-state index in [0.29, 0.717) is 47.5 Å². The average Bonchev–Trinajstić information content (AvgIpc) is 3.95. The van der Waals surface area contributed by atoms with Gasteiger partial charge in [0, 0.05) is 43.3 Å². The SMILES string of the molecule is COc1cccc2c1CC[C@@H]2Nc1nccc2cc(-c3c(-c4nnc(C)o4)c(CCC4CCOCC4)nc4c3S(=O)(=O)N3CCC[C@@H]43)sc12. The van der Waals surface area contributed by atoms with E-state index in [4.69, 9.17) is 23.9 Å². The summed E-state index contributed by atoms with van der Waals surface area (Å²) in [6, 6.07) is 10.1. The summed E-state index contributed by atoms with van der Waals surface area (Å²) in [5, 5.41) is 13.4. The maximum Gasteiger partial charge on any atom is 0.250 e. The fourth-order valence-electron chi connectivity index (χ4n) is 8.28. The smallest absolute Gasteiger partial charge is 0.250 e. The lowest BCUT2D eigenvalue weighted by atomic mass is 9.91. The van der Waals surface area contributed by atoms with E-state index < -0.39 is 10.0 Å². The number of pyridine rings is 2. The van der Waals surface area contributed by atoms with Gasteiger partial charge in [-0.05, 0) is 92.0 Å². The minimum Gasteiger partial charge on any atom is -0.496 e. The van der Waals surface area contributed by atoms with Crippen molar-refractivity contribution in [1.82, 2.24) is 24.5 Å². The van der Waals surface area contributed by atoms with Gasteiger partial charge >= 0.3 is 0 Å². The minimum atomic E-state index is -3.82. The number of fused-ring (bicyclic) bond motifs is 5. The van der Waals surface area contributed by atoms with Gasteiger partial charge in [-0.1, -0.05) is 12.1 Å². The lowest BCUT2D eigenvalue weighted by Gasteiger charge is -2.22. The molecule has 1 aromatic carbocycles. The number of rotatable bonds is 8. The number of benzene rings is 1. The van der Waals surface area contributed by atoms with E-state index >= 15 is 0 Å². The first kappa shape index (κ1) is 31.1. The van der Waals surface area contributed by atoms with Crippen LogP contribution in [0.2, 0.25) is 0 Å². The molecule has 2 fully saturated rings. The quantitative estimate of drug-likeness (QED) is 0.180. The van der Waals surface area contributed by atoms with Gasteiger partial charge in [0.15, 0.2) is 0 Å². The first-order valence-corrected chi connectivity index (χ1v) is 19.4. The van der Waals surface area contributed by atoms with Gasteiger partial charge < -0.3 is 19.2 Å².